The fourth-order valence-corrected chi connectivity index (χ4v) is 4.32. The van der Waals surface area contributed by atoms with Crippen LogP contribution in [0.25, 0.3) is 39.0 Å². The zero-order valence-corrected chi connectivity index (χ0v) is 20.4. The number of benzene rings is 3. The SMILES string of the molecule is CCN(CC)c1cc2oc(=O)c(C(=O)O)cc2cc1-n1cc(-c2ccc(-c3ccc(N)cc3)cc2)nn1. The average molecular weight is 496 g/mol. The van der Waals surface area contributed by atoms with Crippen LogP contribution in [0.2, 0.25) is 0 Å². The molecule has 5 rings (SSSR count). The van der Waals surface area contributed by atoms with E-state index in [4.69, 9.17) is 10.2 Å². The molecule has 0 bridgehead atoms. The summed E-state index contributed by atoms with van der Waals surface area (Å²) in [7, 11) is 0. The Bertz CT molecular complexity index is 1650. The molecule has 0 unspecified atom stereocenters. The van der Waals surface area contributed by atoms with E-state index in [9.17, 15) is 14.7 Å². The van der Waals surface area contributed by atoms with Crippen LogP contribution in [0.15, 0.2) is 82.1 Å². The summed E-state index contributed by atoms with van der Waals surface area (Å²) in [6.07, 6.45) is 1.82. The number of aromatic carboxylic acids is 1. The minimum absolute atomic E-state index is 0.305. The molecule has 0 aliphatic rings. The summed E-state index contributed by atoms with van der Waals surface area (Å²) in [6, 6.07) is 20.5. The molecule has 0 saturated heterocycles. The van der Waals surface area contributed by atoms with Crippen molar-refractivity contribution in [2.24, 2.45) is 0 Å². The Labute approximate surface area is 212 Å². The Morgan fingerprint density at radius 3 is 2.22 bits per heavy atom. The molecule has 2 heterocycles. The van der Waals surface area contributed by atoms with Gasteiger partial charge in [-0.25, -0.2) is 14.3 Å². The van der Waals surface area contributed by atoms with E-state index in [1.165, 1.54) is 6.07 Å². The topological polar surface area (TPSA) is 127 Å². The molecule has 9 heteroatoms. The Hall–Kier alpha value is -4.92. The number of aromatic nitrogens is 3. The number of carboxylic acid groups (broad SMARTS) is 1. The van der Waals surface area contributed by atoms with Crippen molar-refractivity contribution < 1.29 is 14.3 Å². The quantitative estimate of drug-likeness (QED) is 0.243. The molecule has 5 aromatic rings. The molecule has 0 radical (unpaired) electrons. The van der Waals surface area contributed by atoms with Crippen LogP contribution < -0.4 is 16.3 Å². The van der Waals surface area contributed by atoms with Crippen LogP contribution in [-0.4, -0.2) is 39.2 Å². The van der Waals surface area contributed by atoms with Crippen molar-refractivity contribution >= 4 is 28.3 Å². The van der Waals surface area contributed by atoms with E-state index in [-0.39, 0.29) is 0 Å². The van der Waals surface area contributed by atoms with Crippen LogP contribution in [-0.2, 0) is 0 Å². The fraction of sp³-hybridized carbons (Fsp3) is 0.143. The first kappa shape index (κ1) is 23.8. The molecule has 0 fully saturated rings. The zero-order chi connectivity index (χ0) is 26.1. The first-order chi connectivity index (χ1) is 17.9. The van der Waals surface area contributed by atoms with Crippen molar-refractivity contribution in [2.75, 3.05) is 23.7 Å². The van der Waals surface area contributed by atoms with Crippen molar-refractivity contribution in [3.63, 3.8) is 0 Å². The van der Waals surface area contributed by atoms with Gasteiger partial charge in [-0.15, -0.1) is 5.10 Å². The van der Waals surface area contributed by atoms with Crippen LogP contribution >= 0.6 is 0 Å². The van der Waals surface area contributed by atoms with Gasteiger partial charge in [-0.1, -0.05) is 41.6 Å². The summed E-state index contributed by atoms with van der Waals surface area (Å²) < 4.78 is 6.99. The average Bonchev–Trinajstić information content (AvgIpc) is 3.39. The summed E-state index contributed by atoms with van der Waals surface area (Å²) in [5.74, 6) is -1.34. The third-order valence-electron chi connectivity index (χ3n) is 6.33. The van der Waals surface area contributed by atoms with Gasteiger partial charge in [0, 0.05) is 35.8 Å². The monoisotopic (exact) mass is 495 g/mol. The molecule has 186 valence electrons. The first-order valence-electron chi connectivity index (χ1n) is 11.9. The predicted octanol–water partition coefficient (Wildman–Crippen LogP) is 4.83. The van der Waals surface area contributed by atoms with E-state index in [0.717, 1.165) is 28.1 Å². The van der Waals surface area contributed by atoms with Crippen LogP contribution in [0, 0.1) is 0 Å². The van der Waals surface area contributed by atoms with Crippen molar-refractivity contribution in [3.8, 4) is 28.1 Å². The minimum Gasteiger partial charge on any atom is -0.477 e. The second-order valence-electron chi connectivity index (χ2n) is 8.55. The van der Waals surface area contributed by atoms with E-state index in [0.29, 0.717) is 35.4 Å². The van der Waals surface area contributed by atoms with E-state index < -0.39 is 17.2 Å². The van der Waals surface area contributed by atoms with Crippen LogP contribution in [0.3, 0.4) is 0 Å². The second kappa shape index (κ2) is 9.62. The van der Waals surface area contributed by atoms with Crippen LogP contribution in [0.5, 0.6) is 0 Å². The lowest BCUT2D eigenvalue weighted by molar-refractivity contribution is 0.0692. The number of fused-ring (bicyclic) bond motifs is 1. The number of rotatable bonds is 7. The Morgan fingerprint density at radius 1 is 0.973 bits per heavy atom. The van der Waals surface area contributed by atoms with Crippen LogP contribution in [0.4, 0.5) is 11.4 Å². The van der Waals surface area contributed by atoms with Gasteiger partial charge in [-0.3, -0.25) is 0 Å². The smallest absolute Gasteiger partial charge is 0.351 e. The van der Waals surface area contributed by atoms with Gasteiger partial charge in [0.1, 0.15) is 16.8 Å². The standard InChI is InChI=1S/C28H25N5O4/c1-3-32(4-2)24-15-26-20(13-22(27(34)35)28(36)37-26)14-25(24)33-16-23(30-31-33)19-7-5-17(6-8-19)18-9-11-21(29)12-10-18/h5-16H,3-4,29H2,1-2H3,(H,34,35). The number of hydrogen-bond donors (Lipinski definition) is 2. The highest BCUT2D eigenvalue weighted by Gasteiger charge is 2.18. The van der Waals surface area contributed by atoms with Crippen LogP contribution in [0.1, 0.15) is 24.2 Å². The number of nitrogen functional groups attached to an aromatic ring is 1. The third-order valence-corrected chi connectivity index (χ3v) is 6.33. The minimum atomic E-state index is -1.34. The van der Waals surface area contributed by atoms with Gasteiger partial charge in [0.15, 0.2) is 0 Å². The Morgan fingerprint density at radius 2 is 1.59 bits per heavy atom. The first-order valence-corrected chi connectivity index (χ1v) is 11.9. The van der Waals surface area contributed by atoms with Gasteiger partial charge in [0.25, 0.3) is 0 Å². The molecular formula is C28H25N5O4. The van der Waals surface area contributed by atoms with Gasteiger partial charge < -0.3 is 20.2 Å². The van der Waals surface area contributed by atoms with Gasteiger partial charge in [-0.05, 0) is 49.2 Å². The molecule has 0 atom stereocenters. The van der Waals surface area contributed by atoms with Gasteiger partial charge >= 0.3 is 11.6 Å². The lowest BCUT2D eigenvalue weighted by atomic mass is 10.0. The summed E-state index contributed by atoms with van der Waals surface area (Å²) in [4.78, 5) is 25.7. The normalized spacial score (nSPS) is 11.1. The summed E-state index contributed by atoms with van der Waals surface area (Å²) in [5.41, 5.74) is 10.7. The number of hydrogen-bond acceptors (Lipinski definition) is 7. The summed E-state index contributed by atoms with van der Waals surface area (Å²) >= 11 is 0. The molecule has 3 aromatic carbocycles. The highest BCUT2D eigenvalue weighted by atomic mass is 16.4. The van der Waals surface area contributed by atoms with Gasteiger partial charge in [0.05, 0.1) is 17.6 Å². The Balaban J connectivity index is 1.57. The predicted molar refractivity (Wildman–Crippen MR) is 143 cm³/mol. The molecule has 0 amide bonds. The highest BCUT2D eigenvalue weighted by molar-refractivity contribution is 5.93. The van der Waals surface area contributed by atoms with Crippen molar-refractivity contribution in [2.45, 2.75) is 13.8 Å². The van der Waals surface area contributed by atoms with Gasteiger partial charge in [0.2, 0.25) is 0 Å². The summed E-state index contributed by atoms with van der Waals surface area (Å²) in [5, 5.41) is 18.6. The van der Waals surface area contributed by atoms with E-state index in [2.05, 4.69) is 15.2 Å². The summed E-state index contributed by atoms with van der Waals surface area (Å²) in [6.45, 7) is 5.47. The molecule has 9 nitrogen and oxygen atoms in total. The molecule has 0 spiro atoms. The number of nitrogens with two attached hydrogens (primary N) is 1. The zero-order valence-electron chi connectivity index (χ0n) is 20.4. The maximum Gasteiger partial charge on any atom is 0.351 e. The van der Waals surface area contributed by atoms with E-state index in [1.54, 1.807) is 16.8 Å². The number of carbonyl (C=O) groups is 1. The molecular weight excluding hydrogens is 470 g/mol. The maximum atomic E-state index is 12.1. The number of anilines is 2. The van der Waals surface area contributed by atoms with Crippen molar-refractivity contribution in [1.29, 1.82) is 0 Å². The Kier molecular flexibility index (Phi) is 6.19. The molecule has 2 aromatic heterocycles. The molecule has 37 heavy (non-hydrogen) atoms. The lowest BCUT2D eigenvalue weighted by Crippen LogP contribution is -2.23. The molecule has 0 saturated carbocycles. The van der Waals surface area contributed by atoms with Crippen molar-refractivity contribution in [3.05, 3.63) is 88.9 Å². The number of carboxylic acids is 1. The third kappa shape index (κ3) is 4.54. The molecule has 0 aliphatic heterocycles. The lowest BCUT2D eigenvalue weighted by Gasteiger charge is -2.24. The highest BCUT2D eigenvalue weighted by Crippen LogP contribution is 2.31. The number of nitrogens with zero attached hydrogens (tertiary/aromatic N) is 4. The largest absolute Gasteiger partial charge is 0.477 e. The second-order valence-corrected chi connectivity index (χ2v) is 8.55. The molecule has 0 aliphatic carbocycles. The fourth-order valence-electron chi connectivity index (χ4n) is 4.32. The van der Waals surface area contributed by atoms with E-state index >= 15 is 0 Å². The van der Waals surface area contributed by atoms with E-state index in [1.807, 2.05) is 68.6 Å². The van der Waals surface area contributed by atoms with Crippen molar-refractivity contribution in [1.82, 2.24) is 15.0 Å². The van der Waals surface area contributed by atoms with Gasteiger partial charge in [-0.2, -0.15) is 0 Å². The maximum absolute atomic E-state index is 12.1. The molecule has 3 N–H and O–H groups in total.